The first kappa shape index (κ1) is 53.3. The zero-order valence-electron chi connectivity index (χ0n) is 40.2. The number of cyclic esters (lactones) is 1. The van der Waals surface area contributed by atoms with Gasteiger partial charge in [0.05, 0.1) is 24.4 Å². The van der Waals surface area contributed by atoms with E-state index in [0.717, 1.165) is 12.0 Å². The molecule has 0 aromatic heterocycles. The van der Waals surface area contributed by atoms with E-state index in [1.54, 1.807) is 34.1 Å². The smallest absolute Gasteiger partial charge is 0.329 e. The molecule has 4 rings (SSSR count). The van der Waals surface area contributed by atoms with Crippen molar-refractivity contribution in [1.29, 1.82) is 0 Å². The number of Topliss-reactive ketones (excluding diaryl/α,β-unsaturated/α-hetero) is 3. The van der Waals surface area contributed by atoms with Crippen LogP contribution in [0.4, 0.5) is 0 Å². The first-order chi connectivity index (χ1) is 30.4. The van der Waals surface area contributed by atoms with E-state index >= 15 is 0 Å². The molecular weight excluding hydrogens is 819 g/mol. The summed E-state index contributed by atoms with van der Waals surface area (Å²) in [4.78, 5) is 71.8. The van der Waals surface area contributed by atoms with Gasteiger partial charge in [-0.2, -0.15) is 0 Å². The molecule has 4 aliphatic rings. The highest BCUT2D eigenvalue weighted by Gasteiger charge is 2.44. The molecule has 64 heavy (non-hydrogen) atoms. The van der Waals surface area contributed by atoms with Crippen molar-refractivity contribution in [2.24, 2.45) is 35.5 Å². The van der Waals surface area contributed by atoms with Crippen molar-refractivity contribution >= 4 is 29.2 Å². The summed E-state index contributed by atoms with van der Waals surface area (Å²) in [7, 11) is 4.61. The molecule has 2 bridgehead atoms. The highest BCUT2D eigenvalue weighted by atomic mass is 16.5. The lowest BCUT2D eigenvalue weighted by Crippen LogP contribution is -2.55. The highest BCUT2D eigenvalue weighted by Crippen LogP contribution is 2.35. The molecule has 0 aromatic carbocycles. The third kappa shape index (κ3) is 14.6. The minimum atomic E-state index is -1.29. The number of nitrogens with zero attached hydrogens (tertiary/aromatic N) is 1. The van der Waals surface area contributed by atoms with Crippen LogP contribution in [0.15, 0.2) is 47.6 Å². The number of allylic oxidation sites excluding steroid dienone is 6. The Morgan fingerprint density at radius 1 is 0.828 bits per heavy atom. The van der Waals surface area contributed by atoms with Crippen molar-refractivity contribution in [3.8, 4) is 0 Å². The van der Waals surface area contributed by atoms with Gasteiger partial charge in [-0.1, -0.05) is 71.1 Å². The maximum Gasteiger partial charge on any atom is 0.329 e. The van der Waals surface area contributed by atoms with Crippen LogP contribution in [0.2, 0.25) is 0 Å². The molecule has 360 valence electrons. The molecule has 15 atom stereocenters. The monoisotopic (exact) mass is 898 g/mol. The van der Waals surface area contributed by atoms with Gasteiger partial charge >= 0.3 is 5.97 Å². The molecule has 3 unspecified atom stereocenters. The molecule has 13 heteroatoms. The summed E-state index contributed by atoms with van der Waals surface area (Å²) < 4.78 is 29.7. The zero-order chi connectivity index (χ0) is 47.2. The van der Waals surface area contributed by atoms with Crippen molar-refractivity contribution in [2.75, 3.05) is 27.9 Å². The van der Waals surface area contributed by atoms with E-state index in [9.17, 15) is 34.2 Å². The lowest BCUT2D eigenvalue weighted by molar-refractivity contribution is -0.170. The maximum atomic E-state index is 14.3. The van der Waals surface area contributed by atoms with Gasteiger partial charge in [0.15, 0.2) is 5.78 Å². The van der Waals surface area contributed by atoms with Crippen molar-refractivity contribution in [3.63, 3.8) is 0 Å². The number of esters is 1. The fourth-order valence-corrected chi connectivity index (χ4v) is 10.1. The summed E-state index contributed by atoms with van der Waals surface area (Å²) in [6.07, 6.45) is 12.0. The van der Waals surface area contributed by atoms with Crippen LogP contribution in [0.25, 0.3) is 0 Å². The summed E-state index contributed by atoms with van der Waals surface area (Å²) in [6, 6.07) is -1.01. The number of ketones is 3. The quantitative estimate of drug-likeness (QED) is 0.161. The van der Waals surface area contributed by atoms with Gasteiger partial charge in [-0.25, -0.2) is 4.79 Å². The topological polar surface area (TPSA) is 175 Å². The number of hydrogen-bond acceptors (Lipinski definition) is 12. The van der Waals surface area contributed by atoms with Gasteiger partial charge in [0, 0.05) is 52.6 Å². The van der Waals surface area contributed by atoms with Gasteiger partial charge < -0.3 is 38.8 Å². The van der Waals surface area contributed by atoms with Crippen LogP contribution in [0.1, 0.15) is 126 Å². The van der Waals surface area contributed by atoms with Crippen LogP contribution in [-0.2, 0) is 47.7 Å². The van der Waals surface area contributed by atoms with Crippen molar-refractivity contribution in [2.45, 2.75) is 180 Å². The van der Waals surface area contributed by atoms with Crippen LogP contribution in [0, 0.1) is 35.5 Å². The summed E-state index contributed by atoms with van der Waals surface area (Å²) in [5, 5.41) is 21.9. The number of ether oxygens (including phenoxy) is 5. The van der Waals surface area contributed by atoms with Crippen LogP contribution in [-0.4, -0.2) is 127 Å². The molecule has 0 radical (unpaired) electrons. The number of aliphatic hydroxyl groups is 2. The molecule has 1 amide bonds. The molecule has 1 aliphatic carbocycles. The minimum absolute atomic E-state index is 0.0463. The van der Waals surface area contributed by atoms with Gasteiger partial charge in [0.1, 0.15) is 36.2 Å². The van der Waals surface area contributed by atoms with Crippen molar-refractivity contribution < 1.29 is 57.9 Å². The fourth-order valence-electron chi connectivity index (χ4n) is 10.1. The Balaban J connectivity index is 1.68. The number of carbonyl (C=O) groups excluding carboxylic acids is 5. The Hall–Kier alpha value is -3.33. The van der Waals surface area contributed by atoms with Crippen molar-refractivity contribution in [3.05, 3.63) is 47.6 Å². The molecule has 1 saturated carbocycles. The largest absolute Gasteiger partial charge is 0.460 e. The Morgan fingerprint density at radius 3 is 2.25 bits per heavy atom. The second-order valence-electron chi connectivity index (χ2n) is 19.4. The van der Waals surface area contributed by atoms with Gasteiger partial charge in [0.25, 0.3) is 5.91 Å². The van der Waals surface area contributed by atoms with Gasteiger partial charge in [0.2, 0.25) is 5.78 Å². The molecule has 3 aliphatic heterocycles. The van der Waals surface area contributed by atoms with Crippen LogP contribution >= 0.6 is 0 Å². The number of carbonyl (C=O) groups is 5. The van der Waals surface area contributed by atoms with Gasteiger partial charge in [-0.05, 0) is 113 Å². The number of hydrogen-bond donors (Lipinski definition) is 2. The number of rotatable bonds is 6. The fraction of sp³-hybridized carbons (Fsp3) is 0.745. The van der Waals surface area contributed by atoms with E-state index < -0.39 is 66.1 Å². The first-order valence-corrected chi connectivity index (χ1v) is 23.8. The lowest BCUT2D eigenvalue weighted by atomic mass is 9.78. The molecular formula is C51H79NO12. The van der Waals surface area contributed by atoms with E-state index in [4.69, 9.17) is 23.7 Å². The van der Waals surface area contributed by atoms with Gasteiger partial charge in [-0.15, -0.1) is 0 Å². The zero-order valence-corrected chi connectivity index (χ0v) is 40.2. The summed E-state index contributed by atoms with van der Waals surface area (Å²) in [5.41, 5.74) is 1.37. The van der Waals surface area contributed by atoms with E-state index in [-0.39, 0.29) is 66.5 Å². The van der Waals surface area contributed by atoms with E-state index in [1.165, 1.54) is 12.0 Å². The highest BCUT2D eigenvalue weighted by molar-refractivity contribution is 6.38. The number of methoxy groups -OCH3 is 3. The first-order valence-electron chi connectivity index (χ1n) is 23.8. The van der Waals surface area contributed by atoms with E-state index in [2.05, 4.69) is 0 Å². The average molecular weight is 898 g/mol. The predicted molar refractivity (Wildman–Crippen MR) is 244 cm³/mol. The number of aliphatic hydroxyl groups excluding tert-OH is 2. The van der Waals surface area contributed by atoms with Crippen LogP contribution < -0.4 is 0 Å². The SMILES string of the molecule is CO[C@H]1C[C@@H]2CC[C@@H](C)C(O2)C(=O)C(=O)N2CCCCC2C(=O)O[C@H]([C@H](C)CC2CC[C@@H](O)[C@H](OC)C2)CC(=O)[C@H](C)C=C(C)[C@@H](O)[C@@H](OC)C(=O)[C@H](C)C[C@H](C)C=CC=CC=C1C. The molecule has 13 nitrogen and oxygen atoms in total. The average Bonchev–Trinajstić information content (AvgIpc) is 3.27. The molecule has 3 fully saturated rings. The molecule has 0 spiro atoms. The Bertz CT molecular complexity index is 1700. The molecule has 3 heterocycles. The number of amides is 1. The summed E-state index contributed by atoms with van der Waals surface area (Å²) >= 11 is 0. The number of piperidine rings is 1. The predicted octanol–water partition coefficient (Wildman–Crippen LogP) is 6.86. The van der Waals surface area contributed by atoms with Crippen molar-refractivity contribution in [1.82, 2.24) is 4.90 Å². The Labute approximate surface area is 382 Å². The van der Waals surface area contributed by atoms with E-state index in [1.807, 2.05) is 65.0 Å². The Kier molecular flexibility index (Phi) is 21.3. The maximum absolute atomic E-state index is 14.3. The van der Waals surface area contributed by atoms with Crippen LogP contribution in [0.3, 0.4) is 0 Å². The molecule has 2 saturated heterocycles. The van der Waals surface area contributed by atoms with E-state index in [0.29, 0.717) is 69.8 Å². The molecule has 2 N–H and O–H groups in total. The second-order valence-corrected chi connectivity index (χ2v) is 19.4. The minimum Gasteiger partial charge on any atom is -0.460 e. The Morgan fingerprint density at radius 2 is 1.56 bits per heavy atom. The van der Waals surface area contributed by atoms with Gasteiger partial charge in [-0.3, -0.25) is 19.2 Å². The summed E-state index contributed by atoms with van der Waals surface area (Å²) in [6.45, 7) is 13.3. The lowest BCUT2D eigenvalue weighted by Gasteiger charge is -2.39. The van der Waals surface area contributed by atoms with Crippen LogP contribution in [0.5, 0.6) is 0 Å². The summed E-state index contributed by atoms with van der Waals surface area (Å²) in [5.74, 6) is -4.02. The third-order valence-electron chi connectivity index (χ3n) is 14.3. The standard InChI is InChI=1S/C51H79NO12/c1-30-16-12-11-13-17-31(2)42(60-8)28-38-21-19-32(3)48(63-38)47(57)50(58)52-23-15-14-18-39(52)51(59)64-43(34(5)26-37-20-22-40(53)44(27-37)61-9)29-41(54)33(4)25-36(7)46(56)49(62-10)45(55)35(6)24-30/h11-13,16-17,25,30,32-35,37-40,42-44,46,48-49,53,56H,14-15,18-24,26-29H2,1-10H3/t30-,32-,33-,34-,35-,37?,38+,39?,40-,42+,43+,44-,46-,48?,49+/m1/s1. The second kappa shape index (κ2) is 25.5. The third-order valence-corrected chi connectivity index (χ3v) is 14.3. The normalized spacial score (nSPS) is 37.1. The molecule has 0 aromatic rings. The number of fused-ring (bicyclic) bond motifs is 3.